The molecule has 4 N–H and O–H groups in total. The molecular weight excluding hydrogens is 352 g/mol. The lowest BCUT2D eigenvalue weighted by Crippen LogP contribution is -2.44. The smallest absolute Gasteiger partial charge is 0.237 e. The summed E-state index contributed by atoms with van der Waals surface area (Å²) < 4.78 is 0. The number of nitrogens with one attached hydrogen (secondary N) is 2. The van der Waals surface area contributed by atoms with Gasteiger partial charge in [0, 0.05) is 31.3 Å². The average molecular weight is 383 g/mol. The molecule has 0 fully saturated rings. The second-order valence-corrected chi connectivity index (χ2v) is 7.22. The summed E-state index contributed by atoms with van der Waals surface area (Å²) >= 11 is 0. The zero-order chi connectivity index (χ0) is 20.4. The molecule has 2 amide bonds. The van der Waals surface area contributed by atoms with Gasteiger partial charge < -0.3 is 16.4 Å². The van der Waals surface area contributed by atoms with Crippen molar-refractivity contribution in [3.8, 4) is 0 Å². The molecule has 28 heavy (non-hydrogen) atoms. The summed E-state index contributed by atoms with van der Waals surface area (Å²) in [5.74, 6) is -0.138. The minimum atomic E-state index is -0.519. The normalized spacial score (nSPS) is 13.0. The van der Waals surface area contributed by atoms with Crippen molar-refractivity contribution in [3.05, 3.63) is 66.0 Å². The first-order chi connectivity index (χ1) is 13.5. The Bertz CT molecular complexity index is 735. The number of carbonyl (C=O) groups is 2. The van der Waals surface area contributed by atoms with E-state index in [9.17, 15) is 9.59 Å². The SMILES string of the molecule is CC(C)C(N)C(=O)NCCCC(=O)NC(Cc1ccccn1)c1ccccc1. The summed E-state index contributed by atoms with van der Waals surface area (Å²) in [6.07, 6.45) is 3.27. The standard InChI is InChI=1S/C22H30N4O2/c1-16(2)21(23)22(28)25-14-8-12-20(27)26-19(17-9-4-3-5-10-17)15-18-11-6-7-13-24-18/h3-7,9-11,13,16,19,21H,8,12,14-15,23H2,1-2H3,(H,25,28)(H,26,27). The van der Waals surface area contributed by atoms with Crippen LogP contribution in [0.3, 0.4) is 0 Å². The van der Waals surface area contributed by atoms with Gasteiger partial charge in [-0.15, -0.1) is 0 Å². The monoisotopic (exact) mass is 382 g/mol. The van der Waals surface area contributed by atoms with Crippen LogP contribution in [0.5, 0.6) is 0 Å². The summed E-state index contributed by atoms with van der Waals surface area (Å²) in [5, 5.41) is 5.88. The summed E-state index contributed by atoms with van der Waals surface area (Å²) in [6.45, 7) is 4.24. The van der Waals surface area contributed by atoms with Gasteiger partial charge in [0.15, 0.2) is 0 Å². The Morgan fingerprint density at radius 3 is 2.43 bits per heavy atom. The van der Waals surface area contributed by atoms with Crippen molar-refractivity contribution < 1.29 is 9.59 Å². The molecule has 2 aromatic rings. The molecule has 0 aliphatic carbocycles. The highest BCUT2D eigenvalue weighted by Gasteiger charge is 2.18. The van der Waals surface area contributed by atoms with E-state index in [0.29, 0.717) is 25.8 Å². The first-order valence-electron chi connectivity index (χ1n) is 9.75. The number of pyridine rings is 1. The van der Waals surface area contributed by atoms with E-state index in [2.05, 4.69) is 15.6 Å². The van der Waals surface area contributed by atoms with Crippen LogP contribution in [-0.4, -0.2) is 29.4 Å². The van der Waals surface area contributed by atoms with Crippen LogP contribution in [0.1, 0.15) is 44.0 Å². The average Bonchev–Trinajstić information content (AvgIpc) is 2.71. The van der Waals surface area contributed by atoms with Crippen molar-refractivity contribution in [1.29, 1.82) is 0 Å². The van der Waals surface area contributed by atoms with Crippen molar-refractivity contribution >= 4 is 11.8 Å². The fraction of sp³-hybridized carbons (Fsp3) is 0.409. The molecule has 2 atom stereocenters. The van der Waals surface area contributed by atoms with Crippen LogP contribution in [0.2, 0.25) is 0 Å². The van der Waals surface area contributed by atoms with E-state index in [1.165, 1.54) is 0 Å². The molecule has 0 aliphatic rings. The van der Waals surface area contributed by atoms with Gasteiger partial charge in [-0.1, -0.05) is 50.2 Å². The van der Waals surface area contributed by atoms with Gasteiger partial charge in [0.25, 0.3) is 0 Å². The third kappa shape index (κ3) is 7.12. The summed E-state index contributed by atoms with van der Waals surface area (Å²) in [6, 6.07) is 15.0. The van der Waals surface area contributed by atoms with E-state index in [0.717, 1.165) is 11.3 Å². The maximum absolute atomic E-state index is 12.4. The number of amides is 2. The van der Waals surface area contributed by atoms with Crippen LogP contribution < -0.4 is 16.4 Å². The molecular formula is C22H30N4O2. The molecule has 6 nitrogen and oxygen atoms in total. The third-order valence-electron chi connectivity index (χ3n) is 4.58. The molecule has 2 rings (SSSR count). The van der Waals surface area contributed by atoms with Crippen molar-refractivity contribution in [2.45, 2.75) is 45.2 Å². The molecule has 1 aromatic heterocycles. The second kappa shape index (κ2) is 11.2. The Labute approximate surface area is 166 Å². The minimum absolute atomic E-state index is 0.0489. The number of nitrogens with two attached hydrogens (primary N) is 1. The fourth-order valence-corrected chi connectivity index (χ4v) is 2.81. The Hall–Kier alpha value is -2.73. The molecule has 0 aliphatic heterocycles. The lowest BCUT2D eigenvalue weighted by atomic mass is 10.0. The van der Waals surface area contributed by atoms with Crippen LogP contribution >= 0.6 is 0 Å². The molecule has 2 unspecified atom stereocenters. The van der Waals surface area contributed by atoms with Gasteiger partial charge >= 0.3 is 0 Å². The van der Waals surface area contributed by atoms with Gasteiger partial charge in [0.2, 0.25) is 11.8 Å². The van der Waals surface area contributed by atoms with Crippen molar-refractivity contribution in [1.82, 2.24) is 15.6 Å². The number of benzene rings is 1. The van der Waals surface area contributed by atoms with Gasteiger partial charge in [0.05, 0.1) is 12.1 Å². The van der Waals surface area contributed by atoms with E-state index in [1.54, 1.807) is 6.20 Å². The predicted octanol–water partition coefficient (Wildman–Crippen LogP) is 2.36. The van der Waals surface area contributed by atoms with E-state index in [4.69, 9.17) is 5.73 Å². The quantitative estimate of drug-likeness (QED) is 0.550. The van der Waals surface area contributed by atoms with E-state index in [1.807, 2.05) is 62.4 Å². The number of hydrogen-bond acceptors (Lipinski definition) is 4. The largest absolute Gasteiger partial charge is 0.355 e. The van der Waals surface area contributed by atoms with E-state index in [-0.39, 0.29) is 23.8 Å². The highest BCUT2D eigenvalue weighted by Crippen LogP contribution is 2.17. The first-order valence-corrected chi connectivity index (χ1v) is 9.75. The molecule has 0 radical (unpaired) electrons. The maximum atomic E-state index is 12.4. The van der Waals surface area contributed by atoms with E-state index < -0.39 is 6.04 Å². The van der Waals surface area contributed by atoms with Crippen molar-refractivity contribution in [2.75, 3.05) is 6.54 Å². The molecule has 0 saturated heterocycles. The van der Waals surface area contributed by atoms with Crippen LogP contribution in [-0.2, 0) is 16.0 Å². The van der Waals surface area contributed by atoms with Crippen LogP contribution in [0, 0.1) is 5.92 Å². The topological polar surface area (TPSA) is 97.1 Å². The van der Waals surface area contributed by atoms with Gasteiger partial charge in [-0.2, -0.15) is 0 Å². The molecule has 1 heterocycles. The Kier molecular flexibility index (Phi) is 8.62. The number of hydrogen-bond donors (Lipinski definition) is 3. The summed E-state index contributed by atoms with van der Waals surface area (Å²) in [4.78, 5) is 28.7. The highest BCUT2D eigenvalue weighted by molar-refractivity contribution is 5.81. The number of nitrogens with zero attached hydrogens (tertiary/aromatic N) is 1. The second-order valence-electron chi connectivity index (χ2n) is 7.22. The predicted molar refractivity (Wildman–Crippen MR) is 110 cm³/mol. The first kappa shape index (κ1) is 21.6. The highest BCUT2D eigenvalue weighted by atomic mass is 16.2. The van der Waals surface area contributed by atoms with Crippen LogP contribution in [0.15, 0.2) is 54.7 Å². The maximum Gasteiger partial charge on any atom is 0.237 e. The van der Waals surface area contributed by atoms with Gasteiger partial charge in [-0.25, -0.2) is 0 Å². The molecule has 0 spiro atoms. The molecule has 150 valence electrons. The number of carbonyl (C=O) groups excluding carboxylic acids is 2. The Balaban J connectivity index is 1.86. The van der Waals surface area contributed by atoms with Gasteiger partial charge in [-0.05, 0) is 30.0 Å². The van der Waals surface area contributed by atoms with Gasteiger partial charge in [0.1, 0.15) is 0 Å². The Morgan fingerprint density at radius 2 is 1.79 bits per heavy atom. The molecule has 0 saturated carbocycles. The Morgan fingerprint density at radius 1 is 1.07 bits per heavy atom. The zero-order valence-corrected chi connectivity index (χ0v) is 16.6. The minimum Gasteiger partial charge on any atom is -0.355 e. The lowest BCUT2D eigenvalue weighted by Gasteiger charge is -2.19. The summed E-state index contributed by atoms with van der Waals surface area (Å²) in [5.41, 5.74) is 7.77. The van der Waals surface area contributed by atoms with Crippen LogP contribution in [0.25, 0.3) is 0 Å². The lowest BCUT2D eigenvalue weighted by molar-refractivity contribution is -0.124. The third-order valence-corrected chi connectivity index (χ3v) is 4.58. The molecule has 6 heteroatoms. The summed E-state index contributed by atoms with van der Waals surface area (Å²) in [7, 11) is 0. The zero-order valence-electron chi connectivity index (χ0n) is 16.6. The molecule has 0 bridgehead atoms. The van der Waals surface area contributed by atoms with Crippen molar-refractivity contribution in [2.24, 2.45) is 11.7 Å². The number of rotatable bonds is 10. The van der Waals surface area contributed by atoms with E-state index >= 15 is 0 Å². The molecule has 1 aromatic carbocycles. The van der Waals surface area contributed by atoms with Crippen LogP contribution in [0.4, 0.5) is 0 Å². The van der Waals surface area contributed by atoms with Gasteiger partial charge in [-0.3, -0.25) is 14.6 Å². The fourth-order valence-electron chi connectivity index (χ4n) is 2.81. The number of aromatic nitrogens is 1. The van der Waals surface area contributed by atoms with Crippen molar-refractivity contribution in [3.63, 3.8) is 0 Å².